The van der Waals surface area contributed by atoms with Gasteiger partial charge in [-0.1, -0.05) is 30.3 Å². The highest BCUT2D eigenvalue weighted by atomic mass is 16.3. The normalized spacial score (nSPS) is 12.2. The molecule has 3 aromatic rings. The number of para-hydroxylation sites is 1. The molecular weight excluding hydrogens is 264 g/mol. The maximum atomic E-state index is 9.31. The fourth-order valence-corrected chi connectivity index (χ4v) is 2.26. The van der Waals surface area contributed by atoms with Gasteiger partial charge in [0, 0.05) is 5.69 Å². The standard InChI is InChI=1S/C16H16N4O/c17-15(10-12-6-8-14(21)9-7-12)16-19-18-11-20(16)13-4-2-1-3-5-13/h1-9,11,15,21H,10,17H2/t15-/m1/s1. The van der Waals surface area contributed by atoms with Gasteiger partial charge in [0.25, 0.3) is 0 Å². The minimum absolute atomic E-state index is 0.250. The van der Waals surface area contributed by atoms with Crippen molar-refractivity contribution in [1.82, 2.24) is 14.8 Å². The van der Waals surface area contributed by atoms with Crippen molar-refractivity contribution >= 4 is 0 Å². The van der Waals surface area contributed by atoms with E-state index < -0.39 is 0 Å². The number of benzene rings is 2. The van der Waals surface area contributed by atoms with Crippen molar-refractivity contribution in [2.24, 2.45) is 5.73 Å². The Morgan fingerprint density at radius 1 is 1.05 bits per heavy atom. The molecule has 5 nitrogen and oxygen atoms in total. The molecule has 21 heavy (non-hydrogen) atoms. The molecule has 1 atom stereocenters. The smallest absolute Gasteiger partial charge is 0.154 e. The molecule has 5 heteroatoms. The van der Waals surface area contributed by atoms with Crippen molar-refractivity contribution < 1.29 is 5.11 Å². The maximum absolute atomic E-state index is 9.31. The van der Waals surface area contributed by atoms with E-state index in [1.54, 1.807) is 18.5 Å². The molecule has 0 saturated carbocycles. The number of phenols is 1. The molecule has 0 fully saturated rings. The third-order valence-corrected chi connectivity index (χ3v) is 3.33. The molecule has 3 N–H and O–H groups in total. The summed E-state index contributed by atoms with van der Waals surface area (Å²) in [6.07, 6.45) is 2.30. The van der Waals surface area contributed by atoms with Crippen molar-refractivity contribution in [2.75, 3.05) is 0 Å². The summed E-state index contributed by atoms with van der Waals surface area (Å²) >= 11 is 0. The van der Waals surface area contributed by atoms with Crippen LogP contribution < -0.4 is 5.73 Å². The highest BCUT2D eigenvalue weighted by Gasteiger charge is 2.15. The van der Waals surface area contributed by atoms with E-state index in [-0.39, 0.29) is 11.8 Å². The molecule has 2 aromatic carbocycles. The summed E-state index contributed by atoms with van der Waals surface area (Å²) in [4.78, 5) is 0. The second-order valence-corrected chi connectivity index (χ2v) is 4.87. The summed E-state index contributed by atoms with van der Waals surface area (Å²) in [5, 5.41) is 17.4. The van der Waals surface area contributed by atoms with Crippen molar-refractivity contribution in [3.8, 4) is 11.4 Å². The maximum Gasteiger partial charge on any atom is 0.154 e. The highest BCUT2D eigenvalue weighted by Crippen LogP contribution is 2.19. The third-order valence-electron chi connectivity index (χ3n) is 3.33. The van der Waals surface area contributed by atoms with Crippen molar-refractivity contribution in [2.45, 2.75) is 12.5 Å². The number of hydrogen-bond acceptors (Lipinski definition) is 4. The number of aromatic nitrogens is 3. The quantitative estimate of drug-likeness (QED) is 0.768. The number of nitrogens with two attached hydrogens (primary N) is 1. The van der Waals surface area contributed by atoms with Crippen LogP contribution in [0.1, 0.15) is 17.4 Å². The van der Waals surface area contributed by atoms with Gasteiger partial charge in [0.15, 0.2) is 5.82 Å². The van der Waals surface area contributed by atoms with E-state index in [1.165, 1.54) is 0 Å². The van der Waals surface area contributed by atoms with Gasteiger partial charge in [-0.2, -0.15) is 0 Å². The molecule has 1 heterocycles. The number of phenolic OH excluding ortho intramolecular Hbond substituents is 1. The molecule has 106 valence electrons. The van der Waals surface area contributed by atoms with Crippen LogP contribution in [-0.2, 0) is 6.42 Å². The Kier molecular flexibility index (Phi) is 3.66. The second kappa shape index (κ2) is 5.76. The molecule has 0 saturated heterocycles. The zero-order chi connectivity index (χ0) is 14.7. The van der Waals surface area contributed by atoms with Crippen LogP contribution in [0.2, 0.25) is 0 Å². The fourth-order valence-electron chi connectivity index (χ4n) is 2.26. The summed E-state index contributed by atoms with van der Waals surface area (Å²) in [5.41, 5.74) is 8.29. The Morgan fingerprint density at radius 3 is 2.48 bits per heavy atom. The average molecular weight is 280 g/mol. The lowest BCUT2D eigenvalue weighted by atomic mass is 10.1. The van der Waals surface area contributed by atoms with Crippen LogP contribution >= 0.6 is 0 Å². The lowest BCUT2D eigenvalue weighted by Gasteiger charge is -2.13. The van der Waals surface area contributed by atoms with Crippen molar-refractivity contribution in [1.29, 1.82) is 0 Å². The molecule has 0 aliphatic heterocycles. The van der Waals surface area contributed by atoms with Gasteiger partial charge in [0.2, 0.25) is 0 Å². The van der Waals surface area contributed by atoms with Gasteiger partial charge in [-0.15, -0.1) is 10.2 Å². The van der Waals surface area contributed by atoms with Crippen LogP contribution in [0.5, 0.6) is 5.75 Å². The van der Waals surface area contributed by atoms with Crippen LogP contribution in [0.4, 0.5) is 0 Å². The first-order valence-electron chi connectivity index (χ1n) is 6.73. The molecule has 1 aromatic heterocycles. The van der Waals surface area contributed by atoms with E-state index in [1.807, 2.05) is 47.0 Å². The van der Waals surface area contributed by atoms with E-state index in [4.69, 9.17) is 5.73 Å². The fraction of sp³-hybridized carbons (Fsp3) is 0.125. The largest absolute Gasteiger partial charge is 0.508 e. The Balaban J connectivity index is 1.84. The third kappa shape index (κ3) is 2.93. The molecule has 0 radical (unpaired) electrons. The Morgan fingerprint density at radius 2 is 1.76 bits per heavy atom. The lowest BCUT2D eigenvalue weighted by Crippen LogP contribution is -2.18. The minimum atomic E-state index is -0.266. The van der Waals surface area contributed by atoms with Gasteiger partial charge < -0.3 is 10.8 Å². The summed E-state index contributed by atoms with van der Waals surface area (Å²) in [5.74, 6) is 0.967. The summed E-state index contributed by atoms with van der Waals surface area (Å²) < 4.78 is 1.89. The van der Waals surface area contributed by atoms with Crippen molar-refractivity contribution in [3.63, 3.8) is 0 Å². The molecule has 0 spiro atoms. The van der Waals surface area contributed by atoms with Gasteiger partial charge in [-0.25, -0.2) is 0 Å². The van der Waals surface area contributed by atoms with E-state index >= 15 is 0 Å². The van der Waals surface area contributed by atoms with Gasteiger partial charge in [-0.3, -0.25) is 4.57 Å². The van der Waals surface area contributed by atoms with Crippen LogP contribution in [0.3, 0.4) is 0 Å². The molecule has 3 rings (SSSR count). The van der Waals surface area contributed by atoms with Crippen LogP contribution in [0, 0.1) is 0 Å². The summed E-state index contributed by atoms with van der Waals surface area (Å²) in [6, 6.07) is 16.6. The summed E-state index contributed by atoms with van der Waals surface area (Å²) in [7, 11) is 0. The lowest BCUT2D eigenvalue weighted by molar-refractivity contribution is 0.475. The number of nitrogens with zero attached hydrogens (tertiary/aromatic N) is 3. The SMILES string of the molecule is N[C@H](Cc1ccc(O)cc1)c1nncn1-c1ccccc1. The number of hydrogen-bond donors (Lipinski definition) is 2. The van der Waals surface area contributed by atoms with E-state index in [0.717, 1.165) is 11.3 Å². The zero-order valence-electron chi connectivity index (χ0n) is 11.4. The molecule has 0 aliphatic carbocycles. The minimum Gasteiger partial charge on any atom is -0.508 e. The van der Waals surface area contributed by atoms with Crippen molar-refractivity contribution in [3.05, 3.63) is 72.3 Å². The Hall–Kier alpha value is -2.66. The van der Waals surface area contributed by atoms with Crippen LogP contribution in [0.25, 0.3) is 5.69 Å². The average Bonchev–Trinajstić information content (AvgIpc) is 3.00. The predicted octanol–water partition coefficient (Wildman–Crippen LogP) is 2.22. The van der Waals surface area contributed by atoms with E-state index in [9.17, 15) is 5.11 Å². The Labute approximate surface area is 122 Å². The monoisotopic (exact) mass is 280 g/mol. The molecular formula is C16H16N4O. The van der Waals surface area contributed by atoms with Gasteiger partial charge in [-0.05, 0) is 36.2 Å². The van der Waals surface area contributed by atoms with Crippen LogP contribution in [-0.4, -0.2) is 19.9 Å². The van der Waals surface area contributed by atoms with Crippen LogP contribution in [0.15, 0.2) is 60.9 Å². The Bertz CT molecular complexity index is 707. The van der Waals surface area contributed by atoms with Gasteiger partial charge in [0.05, 0.1) is 6.04 Å². The van der Waals surface area contributed by atoms with Gasteiger partial charge in [0.1, 0.15) is 12.1 Å². The molecule has 0 aliphatic rings. The summed E-state index contributed by atoms with van der Waals surface area (Å²) in [6.45, 7) is 0. The first-order valence-corrected chi connectivity index (χ1v) is 6.73. The number of aromatic hydroxyl groups is 1. The second-order valence-electron chi connectivity index (χ2n) is 4.87. The predicted molar refractivity (Wildman–Crippen MR) is 80.1 cm³/mol. The van der Waals surface area contributed by atoms with Gasteiger partial charge >= 0.3 is 0 Å². The zero-order valence-corrected chi connectivity index (χ0v) is 11.4. The topological polar surface area (TPSA) is 77.0 Å². The van der Waals surface area contributed by atoms with E-state index in [0.29, 0.717) is 12.2 Å². The first-order chi connectivity index (χ1) is 10.2. The highest BCUT2D eigenvalue weighted by molar-refractivity contribution is 5.33. The molecule has 0 bridgehead atoms. The molecule has 0 amide bonds. The van der Waals surface area contributed by atoms with E-state index in [2.05, 4.69) is 10.2 Å². The first kappa shape index (κ1) is 13.3. The number of rotatable bonds is 4. The molecule has 0 unspecified atom stereocenters.